The lowest BCUT2D eigenvalue weighted by molar-refractivity contribution is 0.0963. The van der Waals surface area contributed by atoms with Gasteiger partial charge in [0.25, 0.3) is 5.91 Å². The molecular weight excluding hydrogens is 224 g/mol. The number of amides is 1. The van der Waals surface area contributed by atoms with E-state index in [9.17, 15) is 4.79 Å². The number of hydrogen-bond acceptors (Lipinski definition) is 2. The molecular formula is C15H12N2O. The molecule has 0 aliphatic heterocycles. The minimum absolute atomic E-state index is 0.0938. The van der Waals surface area contributed by atoms with Crippen LogP contribution in [-0.4, -0.2) is 17.9 Å². The molecule has 3 heteroatoms. The SMILES string of the molecule is CNC(=O)c1ccc(C#Cc2ccncc2)cc1. The van der Waals surface area contributed by atoms with E-state index < -0.39 is 0 Å². The molecule has 0 aliphatic rings. The number of rotatable bonds is 1. The number of aromatic nitrogens is 1. The molecule has 1 amide bonds. The van der Waals surface area contributed by atoms with Crippen molar-refractivity contribution in [2.75, 3.05) is 7.05 Å². The molecule has 0 saturated heterocycles. The summed E-state index contributed by atoms with van der Waals surface area (Å²) in [6, 6.07) is 10.9. The lowest BCUT2D eigenvalue weighted by Crippen LogP contribution is -2.17. The Hall–Kier alpha value is -2.60. The van der Waals surface area contributed by atoms with Crippen LogP contribution in [0.5, 0.6) is 0 Å². The van der Waals surface area contributed by atoms with Gasteiger partial charge in [0.1, 0.15) is 0 Å². The van der Waals surface area contributed by atoms with Crippen LogP contribution in [-0.2, 0) is 0 Å². The van der Waals surface area contributed by atoms with Gasteiger partial charge in [0.15, 0.2) is 0 Å². The number of carbonyl (C=O) groups excluding carboxylic acids is 1. The second-order valence-electron chi connectivity index (χ2n) is 3.64. The maximum Gasteiger partial charge on any atom is 0.251 e. The summed E-state index contributed by atoms with van der Waals surface area (Å²) in [5.74, 6) is 5.97. The monoisotopic (exact) mass is 236 g/mol. The van der Waals surface area contributed by atoms with E-state index in [4.69, 9.17) is 0 Å². The van der Waals surface area contributed by atoms with Crippen LogP contribution >= 0.6 is 0 Å². The molecule has 1 aromatic carbocycles. The van der Waals surface area contributed by atoms with Gasteiger partial charge < -0.3 is 5.32 Å². The Balaban J connectivity index is 2.17. The smallest absolute Gasteiger partial charge is 0.251 e. The van der Waals surface area contributed by atoms with Crippen molar-refractivity contribution in [3.63, 3.8) is 0 Å². The van der Waals surface area contributed by atoms with E-state index >= 15 is 0 Å². The van der Waals surface area contributed by atoms with Crippen molar-refractivity contribution in [1.29, 1.82) is 0 Å². The van der Waals surface area contributed by atoms with E-state index in [1.807, 2.05) is 24.3 Å². The van der Waals surface area contributed by atoms with Gasteiger partial charge in [0.2, 0.25) is 0 Å². The van der Waals surface area contributed by atoms with E-state index in [1.54, 1.807) is 31.6 Å². The summed E-state index contributed by atoms with van der Waals surface area (Å²) in [7, 11) is 1.61. The van der Waals surface area contributed by atoms with Crippen LogP contribution in [0.25, 0.3) is 0 Å². The maximum absolute atomic E-state index is 11.3. The van der Waals surface area contributed by atoms with Gasteiger partial charge in [-0.25, -0.2) is 0 Å². The number of nitrogens with zero attached hydrogens (tertiary/aromatic N) is 1. The topological polar surface area (TPSA) is 42.0 Å². The zero-order valence-corrected chi connectivity index (χ0v) is 9.97. The van der Waals surface area contributed by atoms with Crippen molar-refractivity contribution < 1.29 is 4.79 Å². The van der Waals surface area contributed by atoms with Crippen LogP contribution in [0.4, 0.5) is 0 Å². The molecule has 3 nitrogen and oxygen atoms in total. The second kappa shape index (κ2) is 5.65. The van der Waals surface area contributed by atoms with E-state index in [-0.39, 0.29) is 5.91 Å². The zero-order valence-electron chi connectivity index (χ0n) is 9.97. The summed E-state index contributed by atoms with van der Waals surface area (Å²) in [5.41, 5.74) is 2.42. The number of pyridine rings is 1. The van der Waals surface area contributed by atoms with Gasteiger partial charge in [-0.15, -0.1) is 0 Å². The highest BCUT2D eigenvalue weighted by Gasteiger charge is 2.00. The molecule has 0 radical (unpaired) electrons. The predicted molar refractivity (Wildman–Crippen MR) is 70.0 cm³/mol. The Morgan fingerprint density at radius 3 is 2.11 bits per heavy atom. The molecule has 1 N–H and O–H groups in total. The number of hydrogen-bond donors (Lipinski definition) is 1. The average molecular weight is 236 g/mol. The Bertz CT molecular complexity index is 592. The molecule has 1 aromatic heterocycles. The molecule has 0 saturated carbocycles. The molecule has 0 spiro atoms. The average Bonchev–Trinajstić information content (AvgIpc) is 2.46. The van der Waals surface area contributed by atoms with Crippen LogP contribution in [0.15, 0.2) is 48.8 Å². The molecule has 2 rings (SSSR count). The first-order valence-corrected chi connectivity index (χ1v) is 5.54. The van der Waals surface area contributed by atoms with Crippen molar-refractivity contribution in [2.24, 2.45) is 0 Å². The van der Waals surface area contributed by atoms with Crippen molar-refractivity contribution in [1.82, 2.24) is 10.3 Å². The summed E-state index contributed by atoms with van der Waals surface area (Å²) in [4.78, 5) is 15.3. The highest BCUT2D eigenvalue weighted by atomic mass is 16.1. The summed E-state index contributed by atoms with van der Waals surface area (Å²) in [6.07, 6.45) is 3.41. The fraction of sp³-hybridized carbons (Fsp3) is 0.0667. The normalized spacial score (nSPS) is 9.17. The molecule has 0 fully saturated rings. The van der Waals surface area contributed by atoms with Crippen LogP contribution in [0.2, 0.25) is 0 Å². The summed E-state index contributed by atoms with van der Waals surface area (Å²) in [5, 5.41) is 2.58. The van der Waals surface area contributed by atoms with Gasteiger partial charge in [0, 0.05) is 36.1 Å². The Morgan fingerprint density at radius 2 is 1.56 bits per heavy atom. The van der Waals surface area contributed by atoms with Gasteiger partial charge >= 0.3 is 0 Å². The molecule has 0 bridgehead atoms. The van der Waals surface area contributed by atoms with Crippen LogP contribution < -0.4 is 5.32 Å². The summed E-state index contributed by atoms with van der Waals surface area (Å²) in [6.45, 7) is 0. The third kappa shape index (κ3) is 2.96. The number of benzene rings is 1. The second-order valence-corrected chi connectivity index (χ2v) is 3.64. The van der Waals surface area contributed by atoms with Gasteiger partial charge in [-0.1, -0.05) is 11.8 Å². The lowest BCUT2D eigenvalue weighted by atomic mass is 10.1. The van der Waals surface area contributed by atoms with E-state index in [0.29, 0.717) is 5.56 Å². The Morgan fingerprint density at radius 1 is 1.00 bits per heavy atom. The fourth-order valence-corrected chi connectivity index (χ4v) is 1.43. The third-order valence-corrected chi connectivity index (χ3v) is 2.41. The predicted octanol–water partition coefficient (Wildman–Crippen LogP) is 1.84. The molecule has 0 unspecified atom stereocenters. The van der Waals surface area contributed by atoms with Crippen LogP contribution in [0.3, 0.4) is 0 Å². The molecule has 1 heterocycles. The Kier molecular flexibility index (Phi) is 3.72. The number of carbonyl (C=O) groups is 1. The van der Waals surface area contributed by atoms with Gasteiger partial charge in [-0.05, 0) is 36.4 Å². The van der Waals surface area contributed by atoms with Gasteiger partial charge in [-0.3, -0.25) is 9.78 Å². The first kappa shape index (κ1) is 11.9. The summed E-state index contributed by atoms with van der Waals surface area (Å²) < 4.78 is 0. The van der Waals surface area contributed by atoms with Crippen LogP contribution in [0.1, 0.15) is 21.5 Å². The van der Waals surface area contributed by atoms with E-state index in [1.165, 1.54) is 0 Å². The van der Waals surface area contributed by atoms with Gasteiger partial charge in [-0.2, -0.15) is 0 Å². The van der Waals surface area contributed by atoms with Crippen molar-refractivity contribution in [3.8, 4) is 11.8 Å². The van der Waals surface area contributed by atoms with Crippen LogP contribution in [0, 0.1) is 11.8 Å². The highest BCUT2D eigenvalue weighted by Crippen LogP contribution is 2.03. The molecule has 0 atom stereocenters. The minimum atomic E-state index is -0.0938. The molecule has 2 aromatic rings. The highest BCUT2D eigenvalue weighted by molar-refractivity contribution is 5.94. The minimum Gasteiger partial charge on any atom is -0.355 e. The first-order chi connectivity index (χ1) is 8.79. The van der Waals surface area contributed by atoms with Gasteiger partial charge in [0.05, 0.1) is 0 Å². The van der Waals surface area contributed by atoms with Crippen molar-refractivity contribution in [3.05, 3.63) is 65.5 Å². The molecule has 88 valence electrons. The maximum atomic E-state index is 11.3. The van der Waals surface area contributed by atoms with E-state index in [2.05, 4.69) is 22.1 Å². The Labute approximate surface area is 106 Å². The quantitative estimate of drug-likeness (QED) is 0.768. The fourth-order valence-electron chi connectivity index (χ4n) is 1.43. The molecule has 18 heavy (non-hydrogen) atoms. The lowest BCUT2D eigenvalue weighted by Gasteiger charge is -1.98. The zero-order chi connectivity index (χ0) is 12.8. The first-order valence-electron chi connectivity index (χ1n) is 5.54. The molecule has 0 aliphatic carbocycles. The summed E-state index contributed by atoms with van der Waals surface area (Å²) >= 11 is 0. The van der Waals surface area contributed by atoms with Crippen molar-refractivity contribution >= 4 is 5.91 Å². The van der Waals surface area contributed by atoms with Crippen molar-refractivity contribution in [2.45, 2.75) is 0 Å². The standard InChI is InChI=1S/C15H12N2O/c1-16-15(18)14-6-4-12(5-7-14)2-3-13-8-10-17-11-9-13/h4-11H,1H3,(H,16,18). The largest absolute Gasteiger partial charge is 0.355 e. The third-order valence-electron chi connectivity index (χ3n) is 2.41. The van der Waals surface area contributed by atoms with E-state index in [0.717, 1.165) is 11.1 Å². The number of nitrogens with one attached hydrogen (secondary N) is 1.